The number of hydrogen-bond acceptors (Lipinski definition) is 2. The van der Waals surface area contributed by atoms with Crippen LogP contribution < -0.4 is 0 Å². The lowest BCUT2D eigenvalue weighted by molar-refractivity contribution is 0.548. The smallest absolute Gasteiger partial charge is 0.181 e. The van der Waals surface area contributed by atoms with Gasteiger partial charge in [-0.1, -0.05) is 38.0 Å². The molecule has 1 aromatic heterocycles. The zero-order valence-corrected chi connectivity index (χ0v) is 11.1. The van der Waals surface area contributed by atoms with Crippen molar-refractivity contribution in [1.82, 2.24) is 15.2 Å². The molecule has 0 saturated carbocycles. The standard InChI is InChI=1S/C14H19N3/c1-9-6-10(2)8-11(7-9)12-15-13(17-16-12)14(3,4)5/h6-8H,1-5H3,(H,15,16,17). The molecule has 0 aliphatic heterocycles. The molecule has 1 heterocycles. The van der Waals surface area contributed by atoms with Crippen LogP contribution >= 0.6 is 0 Å². The lowest BCUT2D eigenvalue weighted by Crippen LogP contribution is -2.13. The normalized spacial score (nSPS) is 11.8. The van der Waals surface area contributed by atoms with Crippen molar-refractivity contribution >= 4 is 0 Å². The van der Waals surface area contributed by atoms with Gasteiger partial charge in [0.05, 0.1) is 0 Å². The van der Waals surface area contributed by atoms with Gasteiger partial charge in [0.25, 0.3) is 0 Å². The minimum atomic E-state index is 0.00409. The number of aromatic amines is 1. The van der Waals surface area contributed by atoms with Gasteiger partial charge >= 0.3 is 0 Å². The molecule has 17 heavy (non-hydrogen) atoms. The van der Waals surface area contributed by atoms with Crippen molar-refractivity contribution in [3.05, 3.63) is 35.2 Å². The molecule has 0 fully saturated rings. The van der Waals surface area contributed by atoms with Gasteiger partial charge in [-0.05, 0) is 26.0 Å². The highest BCUT2D eigenvalue weighted by atomic mass is 15.2. The number of aryl methyl sites for hydroxylation is 2. The minimum absolute atomic E-state index is 0.00409. The number of hydrogen-bond donors (Lipinski definition) is 1. The summed E-state index contributed by atoms with van der Waals surface area (Å²) in [6.07, 6.45) is 0. The van der Waals surface area contributed by atoms with Crippen LogP contribution in [0.5, 0.6) is 0 Å². The maximum atomic E-state index is 4.57. The zero-order chi connectivity index (χ0) is 12.6. The van der Waals surface area contributed by atoms with E-state index in [0.717, 1.165) is 17.2 Å². The van der Waals surface area contributed by atoms with Gasteiger partial charge in [0.2, 0.25) is 0 Å². The van der Waals surface area contributed by atoms with E-state index < -0.39 is 0 Å². The van der Waals surface area contributed by atoms with Crippen molar-refractivity contribution in [2.45, 2.75) is 40.0 Å². The molecule has 1 aromatic carbocycles. The molecule has 2 aromatic rings. The predicted molar refractivity (Wildman–Crippen MR) is 70.0 cm³/mol. The van der Waals surface area contributed by atoms with Gasteiger partial charge in [0, 0.05) is 11.0 Å². The van der Waals surface area contributed by atoms with Gasteiger partial charge in [0.1, 0.15) is 5.82 Å². The largest absolute Gasteiger partial charge is 0.262 e. The molecule has 0 aliphatic carbocycles. The Kier molecular flexibility index (Phi) is 2.77. The highest BCUT2D eigenvalue weighted by molar-refractivity contribution is 5.57. The Morgan fingerprint density at radius 3 is 2.06 bits per heavy atom. The summed E-state index contributed by atoms with van der Waals surface area (Å²) in [6.45, 7) is 10.6. The van der Waals surface area contributed by atoms with Gasteiger partial charge in [-0.25, -0.2) is 4.98 Å². The highest BCUT2D eigenvalue weighted by Gasteiger charge is 2.19. The SMILES string of the molecule is Cc1cc(C)cc(-c2n[nH]c(C(C)(C)C)n2)c1. The molecule has 0 atom stereocenters. The lowest BCUT2D eigenvalue weighted by Gasteiger charge is -2.12. The lowest BCUT2D eigenvalue weighted by atomic mass is 9.96. The number of nitrogens with zero attached hydrogens (tertiary/aromatic N) is 2. The first-order valence-corrected chi connectivity index (χ1v) is 5.88. The molecule has 0 saturated heterocycles. The molecule has 3 nitrogen and oxygen atoms in total. The van der Waals surface area contributed by atoms with E-state index in [1.807, 2.05) is 0 Å². The van der Waals surface area contributed by atoms with Crippen LogP contribution in [0.25, 0.3) is 11.4 Å². The van der Waals surface area contributed by atoms with Gasteiger partial charge in [-0.3, -0.25) is 5.10 Å². The van der Waals surface area contributed by atoms with Gasteiger partial charge in [-0.15, -0.1) is 0 Å². The second kappa shape index (κ2) is 3.99. The average Bonchev–Trinajstić information content (AvgIpc) is 2.63. The van der Waals surface area contributed by atoms with E-state index in [1.165, 1.54) is 11.1 Å². The number of rotatable bonds is 1. The Morgan fingerprint density at radius 2 is 1.59 bits per heavy atom. The Labute approximate surface area is 102 Å². The molecular weight excluding hydrogens is 210 g/mol. The molecule has 3 heteroatoms. The van der Waals surface area contributed by atoms with Gasteiger partial charge < -0.3 is 0 Å². The number of nitrogens with one attached hydrogen (secondary N) is 1. The molecule has 90 valence electrons. The molecule has 0 aliphatic rings. The van der Waals surface area contributed by atoms with Crippen LogP contribution in [0.3, 0.4) is 0 Å². The van der Waals surface area contributed by atoms with E-state index in [0.29, 0.717) is 0 Å². The predicted octanol–water partition coefficient (Wildman–Crippen LogP) is 3.39. The summed E-state index contributed by atoms with van der Waals surface area (Å²) in [5.74, 6) is 1.70. The van der Waals surface area contributed by atoms with E-state index in [9.17, 15) is 0 Å². The van der Waals surface area contributed by atoms with E-state index >= 15 is 0 Å². The average molecular weight is 229 g/mol. The van der Waals surface area contributed by atoms with E-state index in [2.05, 4.69) is 68.0 Å². The number of H-pyrrole nitrogens is 1. The quantitative estimate of drug-likeness (QED) is 0.814. The summed E-state index contributed by atoms with van der Waals surface area (Å²) in [5, 5.41) is 7.32. The molecule has 0 spiro atoms. The topological polar surface area (TPSA) is 41.6 Å². The van der Waals surface area contributed by atoms with Crippen LogP contribution in [0.2, 0.25) is 0 Å². The van der Waals surface area contributed by atoms with Crippen molar-refractivity contribution in [2.24, 2.45) is 0 Å². The highest BCUT2D eigenvalue weighted by Crippen LogP contribution is 2.23. The number of benzene rings is 1. The fraction of sp³-hybridized carbons (Fsp3) is 0.429. The number of aromatic nitrogens is 3. The van der Waals surface area contributed by atoms with Crippen molar-refractivity contribution in [3.63, 3.8) is 0 Å². The molecule has 1 N–H and O–H groups in total. The van der Waals surface area contributed by atoms with E-state index in [4.69, 9.17) is 0 Å². The Hall–Kier alpha value is -1.64. The van der Waals surface area contributed by atoms with Crippen LogP contribution in [0, 0.1) is 13.8 Å². The summed E-state index contributed by atoms with van der Waals surface area (Å²) < 4.78 is 0. The van der Waals surface area contributed by atoms with Crippen LogP contribution in [-0.4, -0.2) is 15.2 Å². The fourth-order valence-corrected chi connectivity index (χ4v) is 1.83. The van der Waals surface area contributed by atoms with E-state index in [1.54, 1.807) is 0 Å². The fourth-order valence-electron chi connectivity index (χ4n) is 1.83. The monoisotopic (exact) mass is 229 g/mol. The van der Waals surface area contributed by atoms with Crippen LogP contribution in [0.15, 0.2) is 18.2 Å². The summed E-state index contributed by atoms with van der Waals surface area (Å²) in [6, 6.07) is 6.38. The molecular formula is C14H19N3. The Morgan fingerprint density at radius 1 is 1.00 bits per heavy atom. The second-order valence-corrected chi connectivity index (χ2v) is 5.63. The minimum Gasteiger partial charge on any atom is -0.262 e. The first-order valence-electron chi connectivity index (χ1n) is 5.88. The molecule has 0 bridgehead atoms. The molecule has 0 amide bonds. The molecule has 2 rings (SSSR count). The summed E-state index contributed by atoms with van der Waals surface area (Å²) in [7, 11) is 0. The Bertz CT molecular complexity index is 512. The van der Waals surface area contributed by atoms with Crippen molar-refractivity contribution in [2.75, 3.05) is 0 Å². The second-order valence-electron chi connectivity index (χ2n) is 5.63. The third-order valence-corrected chi connectivity index (χ3v) is 2.68. The maximum Gasteiger partial charge on any atom is 0.181 e. The van der Waals surface area contributed by atoms with Gasteiger partial charge in [0.15, 0.2) is 5.82 Å². The first-order chi connectivity index (χ1) is 7.86. The Balaban J connectivity index is 2.44. The third-order valence-electron chi connectivity index (χ3n) is 2.68. The summed E-state index contributed by atoms with van der Waals surface area (Å²) in [4.78, 5) is 4.57. The summed E-state index contributed by atoms with van der Waals surface area (Å²) in [5.41, 5.74) is 3.56. The van der Waals surface area contributed by atoms with Crippen molar-refractivity contribution < 1.29 is 0 Å². The van der Waals surface area contributed by atoms with Crippen molar-refractivity contribution in [1.29, 1.82) is 0 Å². The van der Waals surface area contributed by atoms with E-state index in [-0.39, 0.29) is 5.41 Å². The van der Waals surface area contributed by atoms with Gasteiger partial charge in [-0.2, -0.15) is 5.10 Å². The van der Waals surface area contributed by atoms with Crippen LogP contribution in [-0.2, 0) is 5.41 Å². The summed E-state index contributed by atoms with van der Waals surface area (Å²) >= 11 is 0. The molecule has 0 radical (unpaired) electrons. The zero-order valence-electron chi connectivity index (χ0n) is 11.1. The van der Waals surface area contributed by atoms with Crippen LogP contribution in [0.4, 0.5) is 0 Å². The molecule has 0 unspecified atom stereocenters. The van der Waals surface area contributed by atoms with Crippen LogP contribution in [0.1, 0.15) is 37.7 Å². The van der Waals surface area contributed by atoms with Crippen molar-refractivity contribution in [3.8, 4) is 11.4 Å². The first kappa shape index (κ1) is 11.8. The third kappa shape index (κ3) is 2.54. The maximum absolute atomic E-state index is 4.57.